The highest BCUT2D eigenvalue weighted by Gasteiger charge is 2.46. The van der Waals surface area contributed by atoms with E-state index in [2.05, 4.69) is 79.7 Å². The van der Waals surface area contributed by atoms with Crippen LogP contribution in [-0.2, 0) is 15.4 Å². The monoisotopic (exact) mass is 403 g/mol. The predicted molar refractivity (Wildman–Crippen MR) is 125 cm³/mol. The lowest BCUT2D eigenvalue weighted by Gasteiger charge is -2.44. The summed E-state index contributed by atoms with van der Waals surface area (Å²) in [6, 6.07) is 9.08. The second-order valence-electron chi connectivity index (χ2n) is 10.8. The molecule has 2 rings (SSSR count). The first-order valence-corrected chi connectivity index (χ1v) is 13.6. The Hall–Kier alpha value is -0.643. The van der Waals surface area contributed by atoms with Crippen LogP contribution in [0, 0.1) is 0 Å². The van der Waals surface area contributed by atoms with E-state index in [4.69, 9.17) is 10.2 Å². The molecule has 2 N–H and O–H groups in total. The van der Waals surface area contributed by atoms with Gasteiger partial charge in [0.1, 0.15) is 0 Å². The Kier molecular flexibility index (Phi) is 7.61. The maximum Gasteiger partial charge on any atom is 0.200 e. The van der Waals surface area contributed by atoms with E-state index < -0.39 is 8.32 Å². The van der Waals surface area contributed by atoms with E-state index in [0.717, 1.165) is 19.4 Å². The second kappa shape index (κ2) is 9.02. The molecule has 1 aliphatic rings. The minimum atomic E-state index is -1.86. The first kappa shape index (κ1) is 23.6. The lowest BCUT2D eigenvalue weighted by molar-refractivity contribution is 0.212. The molecular weight excluding hydrogens is 358 g/mol. The summed E-state index contributed by atoms with van der Waals surface area (Å²) in [5.74, 6) is 0. The smallest absolute Gasteiger partial charge is 0.200 e. The Labute approximate surface area is 175 Å². The van der Waals surface area contributed by atoms with Crippen LogP contribution in [0.3, 0.4) is 0 Å². The molecule has 2 nitrogen and oxygen atoms in total. The summed E-state index contributed by atoms with van der Waals surface area (Å²) in [5.41, 5.74) is 11.2. The molecular formula is C25H45NOSi. The molecule has 0 aliphatic heterocycles. The summed E-state index contributed by atoms with van der Waals surface area (Å²) in [7, 11) is -1.86. The fourth-order valence-corrected chi connectivity index (χ4v) is 11.2. The number of rotatable bonds is 8. The van der Waals surface area contributed by atoms with Gasteiger partial charge in [0.05, 0.1) is 0 Å². The van der Waals surface area contributed by atoms with Crippen LogP contribution in [0.25, 0.3) is 0 Å². The molecule has 1 aliphatic carbocycles. The zero-order valence-corrected chi connectivity index (χ0v) is 20.8. The van der Waals surface area contributed by atoms with Crippen molar-refractivity contribution in [2.45, 2.75) is 115 Å². The maximum absolute atomic E-state index is 6.95. The van der Waals surface area contributed by atoms with Crippen LogP contribution in [0.4, 0.5) is 0 Å². The van der Waals surface area contributed by atoms with Crippen LogP contribution in [0.5, 0.6) is 0 Å². The van der Waals surface area contributed by atoms with Crippen molar-refractivity contribution in [1.82, 2.24) is 0 Å². The van der Waals surface area contributed by atoms with Gasteiger partial charge in [-0.2, -0.15) is 0 Å². The molecule has 1 saturated carbocycles. The molecule has 0 heterocycles. The van der Waals surface area contributed by atoms with Crippen LogP contribution >= 0.6 is 0 Å². The Morgan fingerprint density at radius 1 is 0.964 bits per heavy atom. The van der Waals surface area contributed by atoms with Gasteiger partial charge in [-0.25, -0.2) is 0 Å². The molecule has 0 radical (unpaired) electrons. The van der Waals surface area contributed by atoms with Crippen molar-refractivity contribution in [3.8, 4) is 0 Å². The van der Waals surface area contributed by atoms with Crippen molar-refractivity contribution >= 4 is 8.32 Å². The van der Waals surface area contributed by atoms with Gasteiger partial charge in [-0.3, -0.25) is 0 Å². The van der Waals surface area contributed by atoms with Crippen molar-refractivity contribution in [2.75, 3.05) is 6.61 Å². The average molecular weight is 404 g/mol. The fraction of sp³-hybridized carbons (Fsp3) is 0.760. The number of nitrogens with two attached hydrogens (primary N) is 1. The molecule has 0 atom stereocenters. The van der Waals surface area contributed by atoms with Crippen LogP contribution < -0.4 is 5.73 Å². The predicted octanol–water partition coefficient (Wildman–Crippen LogP) is 7.27. The van der Waals surface area contributed by atoms with Crippen LogP contribution in [0.1, 0.15) is 98.6 Å². The third kappa shape index (κ3) is 4.74. The van der Waals surface area contributed by atoms with Gasteiger partial charge in [-0.15, -0.1) is 0 Å². The van der Waals surface area contributed by atoms with Gasteiger partial charge < -0.3 is 10.2 Å². The number of hydrogen-bond acceptors (Lipinski definition) is 2. The van der Waals surface area contributed by atoms with Gasteiger partial charge in [0.25, 0.3) is 0 Å². The zero-order chi connectivity index (χ0) is 21.2. The molecule has 0 saturated heterocycles. The highest BCUT2D eigenvalue weighted by molar-refractivity contribution is 6.77. The lowest BCUT2D eigenvalue weighted by Crippen LogP contribution is -2.50. The molecule has 160 valence electrons. The third-order valence-electron chi connectivity index (χ3n) is 7.35. The van der Waals surface area contributed by atoms with Crippen LogP contribution in [0.2, 0.25) is 16.6 Å². The standard InChI is InChI=1S/C25H45NOSi/c1-19(2)28(20(3)4,21(5)6)27-18-24(7,8)22-13-12-14-23(17-22)25(26)15-10-9-11-16-25/h12-14,17,19-21H,9-11,15-16,18,26H2,1-8H3. The molecule has 1 fully saturated rings. The SMILES string of the molecule is CC(C)[Si](OCC(C)(C)c1cccc(C2(N)CCCCC2)c1)(C(C)C)C(C)C. The van der Waals surface area contributed by atoms with Crippen molar-refractivity contribution in [3.63, 3.8) is 0 Å². The lowest BCUT2D eigenvalue weighted by atomic mass is 9.75. The summed E-state index contributed by atoms with van der Waals surface area (Å²) in [6.07, 6.45) is 6.04. The van der Waals surface area contributed by atoms with Gasteiger partial charge in [-0.05, 0) is 40.6 Å². The van der Waals surface area contributed by atoms with E-state index in [9.17, 15) is 0 Å². The number of hydrogen-bond donors (Lipinski definition) is 1. The highest BCUT2D eigenvalue weighted by Crippen LogP contribution is 2.43. The van der Waals surface area contributed by atoms with Crippen LogP contribution in [0.15, 0.2) is 24.3 Å². The number of benzene rings is 1. The first-order valence-electron chi connectivity index (χ1n) is 11.5. The summed E-state index contributed by atoms with van der Waals surface area (Å²) >= 11 is 0. The highest BCUT2D eigenvalue weighted by atomic mass is 28.4. The van der Waals surface area contributed by atoms with Crippen LogP contribution in [-0.4, -0.2) is 14.9 Å². The van der Waals surface area contributed by atoms with Gasteiger partial charge >= 0.3 is 0 Å². The van der Waals surface area contributed by atoms with Gasteiger partial charge in [0.2, 0.25) is 0 Å². The molecule has 0 amide bonds. The van der Waals surface area contributed by atoms with Gasteiger partial charge in [-0.1, -0.05) is 98.9 Å². The second-order valence-corrected chi connectivity index (χ2v) is 16.2. The summed E-state index contributed by atoms with van der Waals surface area (Å²) in [5, 5.41) is 0. The van der Waals surface area contributed by atoms with Crippen molar-refractivity contribution < 1.29 is 4.43 Å². The summed E-state index contributed by atoms with van der Waals surface area (Å²) in [6.45, 7) is 19.6. The molecule has 28 heavy (non-hydrogen) atoms. The zero-order valence-electron chi connectivity index (χ0n) is 19.8. The van der Waals surface area contributed by atoms with Crippen molar-refractivity contribution in [1.29, 1.82) is 0 Å². The largest absolute Gasteiger partial charge is 0.415 e. The van der Waals surface area contributed by atoms with E-state index in [1.165, 1.54) is 30.4 Å². The molecule has 0 bridgehead atoms. The van der Waals surface area contributed by atoms with E-state index in [1.54, 1.807) is 0 Å². The van der Waals surface area contributed by atoms with E-state index in [1.807, 2.05) is 0 Å². The van der Waals surface area contributed by atoms with Gasteiger partial charge in [0.15, 0.2) is 8.32 Å². The molecule has 1 aromatic rings. The molecule has 0 aromatic heterocycles. The Balaban J connectivity index is 2.26. The summed E-state index contributed by atoms with van der Waals surface area (Å²) in [4.78, 5) is 0. The fourth-order valence-electron chi connectivity index (χ4n) is 5.61. The normalized spacial score (nSPS) is 18.3. The van der Waals surface area contributed by atoms with Crippen molar-refractivity contribution in [3.05, 3.63) is 35.4 Å². The Morgan fingerprint density at radius 2 is 1.50 bits per heavy atom. The molecule has 0 unspecified atom stereocenters. The Morgan fingerprint density at radius 3 is 2.00 bits per heavy atom. The molecule has 0 spiro atoms. The quantitative estimate of drug-likeness (QED) is 0.463. The van der Waals surface area contributed by atoms with E-state index >= 15 is 0 Å². The molecule has 1 aromatic carbocycles. The Bertz CT molecular complexity index is 607. The average Bonchev–Trinajstić information content (AvgIpc) is 2.62. The minimum Gasteiger partial charge on any atom is -0.415 e. The van der Waals surface area contributed by atoms with E-state index in [0.29, 0.717) is 16.6 Å². The topological polar surface area (TPSA) is 35.2 Å². The van der Waals surface area contributed by atoms with E-state index in [-0.39, 0.29) is 11.0 Å². The van der Waals surface area contributed by atoms with Gasteiger partial charge in [0, 0.05) is 17.6 Å². The maximum atomic E-state index is 6.95. The van der Waals surface area contributed by atoms with Crippen molar-refractivity contribution in [2.24, 2.45) is 5.73 Å². The third-order valence-corrected chi connectivity index (χ3v) is 13.4. The summed E-state index contributed by atoms with van der Waals surface area (Å²) < 4.78 is 6.95. The minimum absolute atomic E-state index is 0.0159. The molecule has 3 heteroatoms. The first-order chi connectivity index (χ1) is 13.0.